The van der Waals surface area contributed by atoms with Gasteiger partial charge in [0, 0.05) is 6.20 Å². The molecule has 2 aromatic heterocycles. The first kappa shape index (κ1) is 23.1. The van der Waals surface area contributed by atoms with Gasteiger partial charge in [0.15, 0.2) is 5.82 Å². The van der Waals surface area contributed by atoms with Crippen molar-refractivity contribution in [2.45, 2.75) is 13.1 Å². The molecule has 0 saturated heterocycles. The van der Waals surface area contributed by atoms with Crippen molar-refractivity contribution in [2.24, 2.45) is 0 Å². The van der Waals surface area contributed by atoms with Crippen molar-refractivity contribution >= 4 is 17.9 Å². The number of pyridine rings is 1. The van der Waals surface area contributed by atoms with Gasteiger partial charge in [0.05, 0.1) is 22.9 Å². The fraction of sp³-hybridized carbons (Fsp3) is 0.105. The van der Waals surface area contributed by atoms with E-state index < -0.39 is 29.8 Å². The molecule has 0 amide bonds. The number of aryl methyl sites for hydroxylation is 1. The number of halogens is 3. The Morgan fingerprint density at radius 2 is 1.45 bits per heavy atom. The topological polar surface area (TPSA) is 143 Å². The molecule has 0 atom stereocenters. The molecular formula is C19H14F3N3O6. The fourth-order valence-electron chi connectivity index (χ4n) is 2.30. The van der Waals surface area contributed by atoms with Crippen LogP contribution in [0.5, 0.6) is 0 Å². The van der Waals surface area contributed by atoms with Crippen molar-refractivity contribution in [3.8, 4) is 5.82 Å². The van der Waals surface area contributed by atoms with Gasteiger partial charge in [-0.1, -0.05) is 6.07 Å². The molecule has 31 heavy (non-hydrogen) atoms. The van der Waals surface area contributed by atoms with Crippen LogP contribution >= 0.6 is 0 Å². The molecule has 3 aromatic rings. The van der Waals surface area contributed by atoms with E-state index in [1.54, 1.807) is 6.92 Å². The maximum absolute atomic E-state index is 12.4. The number of carboxylic acids is 3. The first-order valence-corrected chi connectivity index (χ1v) is 8.29. The summed E-state index contributed by atoms with van der Waals surface area (Å²) in [7, 11) is 0. The molecule has 0 spiro atoms. The first-order valence-electron chi connectivity index (χ1n) is 8.29. The molecule has 0 aliphatic carbocycles. The zero-order valence-corrected chi connectivity index (χ0v) is 15.7. The Morgan fingerprint density at radius 3 is 1.90 bits per heavy atom. The van der Waals surface area contributed by atoms with E-state index in [9.17, 15) is 27.6 Å². The van der Waals surface area contributed by atoms with E-state index in [2.05, 4.69) is 10.1 Å². The number of rotatable bonds is 4. The monoisotopic (exact) mass is 437 g/mol. The third-order valence-electron chi connectivity index (χ3n) is 3.66. The minimum atomic E-state index is -4.56. The standard InChI is InChI=1S/C10H6F3N3O2.C9H8O4/c11-10(12,13)7-2-1-3-8(15-7)16-5-6(4-14-16)9(17)18;1-5-2-6(8(10)11)4-7(3-5)9(12)13/h1-5H,(H,17,18);2-4H,1H3,(H,10,11)(H,12,13). The van der Waals surface area contributed by atoms with Gasteiger partial charge in [0.1, 0.15) is 5.69 Å². The molecule has 9 nitrogen and oxygen atoms in total. The van der Waals surface area contributed by atoms with Crippen LogP contribution in [0.15, 0.2) is 48.8 Å². The summed E-state index contributed by atoms with van der Waals surface area (Å²) in [6.45, 7) is 1.65. The predicted octanol–water partition coefficient (Wildman–Crippen LogP) is 3.38. The lowest BCUT2D eigenvalue weighted by Gasteiger charge is -2.07. The summed E-state index contributed by atoms with van der Waals surface area (Å²) in [6, 6.07) is 7.29. The van der Waals surface area contributed by atoms with Crippen molar-refractivity contribution in [3.05, 3.63) is 76.7 Å². The molecule has 0 aliphatic rings. The summed E-state index contributed by atoms with van der Waals surface area (Å²) in [6.07, 6.45) is -2.44. The molecule has 0 saturated carbocycles. The third-order valence-corrected chi connectivity index (χ3v) is 3.66. The molecule has 2 heterocycles. The lowest BCUT2D eigenvalue weighted by atomic mass is 10.1. The second kappa shape index (κ2) is 9.07. The third kappa shape index (κ3) is 6.13. The molecule has 3 N–H and O–H groups in total. The van der Waals surface area contributed by atoms with Crippen molar-refractivity contribution in [3.63, 3.8) is 0 Å². The molecular weight excluding hydrogens is 423 g/mol. The summed E-state index contributed by atoms with van der Waals surface area (Å²) in [4.78, 5) is 35.1. The quantitative estimate of drug-likeness (QED) is 0.564. The maximum atomic E-state index is 12.4. The van der Waals surface area contributed by atoms with Crippen LogP contribution in [0.4, 0.5) is 13.2 Å². The number of carbonyl (C=O) groups is 3. The van der Waals surface area contributed by atoms with Crippen LogP contribution in [-0.2, 0) is 6.18 Å². The fourth-order valence-corrected chi connectivity index (χ4v) is 2.30. The molecule has 0 bridgehead atoms. The van der Waals surface area contributed by atoms with Gasteiger partial charge < -0.3 is 15.3 Å². The zero-order chi connectivity index (χ0) is 23.3. The van der Waals surface area contributed by atoms with E-state index in [0.29, 0.717) is 5.56 Å². The van der Waals surface area contributed by atoms with Crippen molar-refractivity contribution in [2.75, 3.05) is 0 Å². The number of alkyl halides is 3. The average molecular weight is 437 g/mol. The molecule has 162 valence electrons. The minimum absolute atomic E-state index is 0.00241. The van der Waals surface area contributed by atoms with Crippen LogP contribution < -0.4 is 0 Å². The van der Waals surface area contributed by atoms with E-state index in [0.717, 1.165) is 29.2 Å². The Bertz CT molecular complexity index is 1110. The van der Waals surface area contributed by atoms with Crippen molar-refractivity contribution in [1.82, 2.24) is 14.8 Å². The number of hydrogen-bond donors (Lipinski definition) is 3. The lowest BCUT2D eigenvalue weighted by Crippen LogP contribution is -2.10. The van der Waals surface area contributed by atoms with E-state index >= 15 is 0 Å². The number of aromatic carboxylic acids is 3. The summed E-state index contributed by atoms with van der Waals surface area (Å²) >= 11 is 0. The Labute approximate surface area is 172 Å². The van der Waals surface area contributed by atoms with Gasteiger partial charge in [-0.25, -0.2) is 24.0 Å². The largest absolute Gasteiger partial charge is 0.478 e. The van der Waals surface area contributed by atoms with Gasteiger partial charge in [0.2, 0.25) is 0 Å². The van der Waals surface area contributed by atoms with E-state index in [4.69, 9.17) is 15.3 Å². The zero-order valence-electron chi connectivity index (χ0n) is 15.7. The van der Waals surface area contributed by atoms with E-state index in [-0.39, 0.29) is 22.5 Å². The summed E-state index contributed by atoms with van der Waals surface area (Å²) < 4.78 is 38.3. The second-order valence-corrected chi connectivity index (χ2v) is 6.06. The highest BCUT2D eigenvalue weighted by Crippen LogP contribution is 2.27. The Hall–Kier alpha value is -4.22. The first-order chi connectivity index (χ1) is 14.4. The summed E-state index contributed by atoms with van der Waals surface area (Å²) in [5.74, 6) is -3.55. The van der Waals surface area contributed by atoms with E-state index in [1.807, 2.05) is 0 Å². The van der Waals surface area contributed by atoms with Crippen LogP contribution in [0.3, 0.4) is 0 Å². The number of hydrogen-bond acceptors (Lipinski definition) is 5. The van der Waals surface area contributed by atoms with Gasteiger partial charge >= 0.3 is 24.1 Å². The number of benzene rings is 1. The normalized spacial score (nSPS) is 10.7. The molecule has 0 fully saturated rings. The van der Waals surface area contributed by atoms with Gasteiger partial charge in [-0.2, -0.15) is 18.3 Å². The minimum Gasteiger partial charge on any atom is -0.478 e. The maximum Gasteiger partial charge on any atom is 0.433 e. The SMILES string of the molecule is Cc1cc(C(=O)O)cc(C(=O)O)c1.O=C(O)c1cnn(-c2cccc(C(F)(F)F)n2)c1. The highest BCUT2D eigenvalue weighted by molar-refractivity contribution is 5.94. The summed E-state index contributed by atoms with van der Waals surface area (Å²) in [5.41, 5.74) is -0.575. The summed E-state index contributed by atoms with van der Waals surface area (Å²) in [5, 5.41) is 29.6. The number of aromatic nitrogens is 3. The molecule has 1 aromatic carbocycles. The van der Waals surface area contributed by atoms with Gasteiger partial charge in [-0.05, 0) is 42.8 Å². The van der Waals surface area contributed by atoms with E-state index in [1.165, 1.54) is 24.3 Å². The van der Waals surface area contributed by atoms with Gasteiger partial charge in [-0.15, -0.1) is 0 Å². The molecule has 0 unspecified atom stereocenters. The van der Waals surface area contributed by atoms with Gasteiger partial charge in [0.25, 0.3) is 0 Å². The number of nitrogens with zero attached hydrogens (tertiary/aromatic N) is 3. The Balaban J connectivity index is 0.000000233. The lowest BCUT2D eigenvalue weighted by molar-refractivity contribution is -0.141. The Morgan fingerprint density at radius 1 is 0.903 bits per heavy atom. The van der Waals surface area contributed by atoms with Crippen LogP contribution in [0.1, 0.15) is 42.3 Å². The van der Waals surface area contributed by atoms with Crippen LogP contribution in [-0.4, -0.2) is 48.0 Å². The van der Waals surface area contributed by atoms with Crippen molar-refractivity contribution in [1.29, 1.82) is 0 Å². The Kier molecular flexibility index (Phi) is 6.75. The van der Waals surface area contributed by atoms with Gasteiger partial charge in [-0.3, -0.25) is 0 Å². The molecule has 12 heteroatoms. The predicted molar refractivity (Wildman–Crippen MR) is 98.4 cm³/mol. The highest BCUT2D eigenvalue weighted by atomic mass is 19.4. The van der Waals surface area contributed by atoms with Crippen LogP contribution in [0.2, 0.25) is 0 Å². The van der Waals surface area contributed by atoms with Crippen LogP contribution in [0, 0.1) is 6.92 Å². The molecule has 0 aliphatic heterocycles. The smallest absolute Gasteiger partial charge is 0.433 e. The number of carboxylic acid groups (broad SMARTS) is 3. The molecule has 3 rings (SSSR count). The highest BCUT2D eigenvalue weighted by Gasteiger charge is 2.32. The average Bonchev–Trinajstić information content (AvgIpc) is 3.18. The molecule has 0 radical (unpaired) electrons. The van der Waals surface area contributed by atoms with Crippen molar-refractivity contribution < 1.29 is 42.9 Å². The second-order valence-electron chi connectivity index (χ2n) is 6.06. The van der Waals surface area contributed by atoms with Crippen LogP contribution in [0.25, 0.3) is 5.82 Å².